The van der Waals surface area contributed by atoms with Crippen molar-refractivity contribution in [2.24, 2.45) is 0 Å². The highest BCUT2D eigenvalue weighted by Gasteiger charge is 2.15. The Balaban J connectivity index is 1.83. The fourth-order valence-corrected chi connectivity index (χ4v) is 2.70. The summed E-state index contributed by atoms with van der Waals surface area (Å²) < 4.78 is 0. The summed E-state index contributed by atoms with van der Waals surface area (Å²) in [5.74, 6) is 0.163. The maximum atomic E-state index is 12.3. The van der Waals surface area contributed by atoms with Crippen LogP contribution >= 0.6 is 0 Å². The lowest BCUT2D eigenvalue weighted by atomic mass is 10.00. The van der Waals surface area contributed by atoms with Crippen molar-refractivity contribution >= 4 is 5.78 Å². The van der Waals surface area contributed by atoms with Gasteiger partial charge in [-0.3, -0.25) is 9.78 Å². The second-order valence-corrected chi connectivity index (χ2v) is 5.20. The number of fused-ring (bicyclic) bond motifs is 1. The molecule has 0 bridgehead atoms. The maximum Gasteiger partial charge on any atom is 0.168 e. The van der Waals surface area contributed by atoms with Crippen molar-refractivity contribution in [2.75, 3.05) is 0 Å². The Morgan fingerprint density at radius 2 is 2.05 bits per heavy atom. The number of rotatable bonds is 3. The lowest BCUT2D eigenvalue weighted by Crippen LogP contribution is -2.07. The number of carbonyl (C=O) groups excluding carboxylic acids is 1. The van der Waals surface area contributed by atoms with Gasteiger partial charge in [-0.05, 0) is 55.0 Å². The van der Waals surface area contributed by atoms with Crippen LogP contribution in [0.3, 0.4) is 0 Å². The smallest absolute Gasteiger partial charge is 0.168 e. The SMILES string of the molecule is Cc1cccnc1CC(=O)c1ccc2c(c1)CCC2. The fraction of sp³-hybridized carbons (Fsp3) is 0.294. The van der Waals surface area contributed by atoms with E-state index < -0.39 is 0 Å². The van der Waals surface area contributed by atoms with Gasteiger partial charge in [0.2, 0.25) is 0 Å². The van der Waals surface area contributed by atoms with Gasteiger partial charge in [-0.1, -0.05) is 18.2 Å². The van der Waals surface area contributed by atoms with E-state index in [4.69, 9.17) is 0 Å². The van der Waals surface area contributed by atoms with Gasteiger partial charge in [0, 0.05) is 11.8 Å². The van der Waals surface area contributed by atoms with E-state index in [1.54, 1.807) is 6.20 Å². The number of aryl methyl sites for hydroxylation is 3. The lowest BCUT2D eigenvalue weighted by Gasteiger charge is -2.06. The second kappa shape index (κ2) is 4.96. The Morgan fingerprint density at radius 1 is 1.21 bits per heavy atom. The third-order valence-corrected chi connectivity index (χ3v) is 3.87. The summed E-state index contributed by atoms with van der Waals surface area (Å²) in [5, 5.41) is 0. The molecule has 0 atom stereocenters. The molecule has 2 nitrogen and oxygen atoms in total. The lowest BCUT2D eigenvalue weighted by molar-refractivity contribution is 0.0991. The molecule has 0 fully saturated rings. The third-order valence-electron chi connectivity index (χ3n) is 3.87. The maximum absolute atomic E-state index is 12.3. The van der Waals surface area contributed by atoms with E-state index in [-0.39, 0.29) is 5.78 Å². The molecular formula is C17H17NO. The minimum Gasteiger partial charge on any atom is -0.294 e. The first-order valence-corrected chi connectivity index (χ1v) is 6.79. The monoisotopic (exact) mass is 251 g/mol. The number of aromatic nitrogens is 1. The standard InChI is InChI=1S/C17H17NO/c1-12-4-3-9-18-16(12)11-17(19)15-8-7-13-5-2-6-14(13)10-15/h3-4,7-10H,2,5-6,11H2,1H3. The van der Waals surface area contributed by atoms with E-state index >= 15 is 0 Å². The van der Waals surface area contributed by atoms with Crippen LogP contribution in [0, 0.1) is 6.92 Å². The van der Waals surface area contributed by atoms with Crippen LogP contribution in [0.25, 0.3) is 0 Å². The van der Waals surface area contributed by atoms with Crippen LogP contribution in [-0.4, -0.2) is 10.8 Å². The van der Waals surface area contributed by atoms with Gasteiger partial charge in [0.1, 0.15) is 0 Å². The van der Waals surface area contributed by atoms with Gasteiger partial charge in [0.25, 0.3) is 0 Å². The minimum atomic E-state index is 0.163. The molecule has 2 heteroatoms. The van der Waals surface area contributed by atoms with Crippen LogP contribution in [0.4, 0.5) is 0 Å². The van der Waals surface area contributed by atoms with Crippen molar-refractivity contribution in [3.05, 3.63) is 64.5 Å². The number of hydrogen-bond acceptors (Lipinski definition) is 2. The Bertz CT molecular complexity index is 631. The van der Waals surface area contributed by atoms with Crippen LogP contribution in [-0.2, 0) is 19.3 Å². The Morgan fingerprint density at radius 3 is 2.89 bits per heavy atom. The summed E-state index contributed by atoms with van der Waals surface area (Å²) in [4.78, 5) is 16.6. The van der Waals surface area contributed by atoms with Crippen LogP contribution in [0.15, 0.2) is 36.5 Å². The number of Topliss-reactive ketones (excluding diaryl/α,β-unsaturated/α-hetero) is 1. The highest BCUT2D eigenvalue weighted by molar-refractivity contribution is 5.97. The van der Waals surface area contributed by atoms with Crippen molar-refractivity contribution in [3.8, 4) is 0 Å². The first-order chi connectivity index (χ1) is 9.24. The molecule has 2 aromatic rings. The van der Waals surface area contributed by atoms with E-state index in [1.807, 2.05) is 25.1 Å². The van der Waals surface area contributed by atoms with E-state index in [1.165, 1.54) is 17.5 Å². The zero-order valence-electron chi connectivity index (χ0n) is 11.1. The Labute approximate surface area is 113 Å². The molecule has 1 aliphatic rings. The second-order valence-electron chi connectivity index (χ2n) is 5.20. The van der Waals surface area contributed by atoms with Gasteiger partial charge < -0.3 is 0 Å². The molecule has 19 heavy (non-hydrogen) atoms. The molecule has 3 rings (SSSR count). The average molecular weight is 251 g/mol. The quantitative estimate of drug-likeness (QED) is 0.783. The number of benzene rings is 1. The number of carbonyl (C=O) groups is 1. The normalized spacial score (nSPS) is 13.3. The molecule has 0 saturated carbocycles. The van der Waals surface area contributed by atoms with Gasteiger partial charge in [0.15, 0.2) is 5.78 Å². The topological polar surface area (TPSA) is 30.0 Å². The molecule has 1 aliphatic carbocycles. The first kappa shape index (κ1) is 12.1. The van der Waals surface area contributed by atoms with Crippen molar-refractivity contribution in [1.29, 1.82) is 0 Å². The summed E-state index contributed by atoms with van der Waals surface area (Å²) in [6.07, 6.45) is 5.62. The molecule has 96 valence electrons. The van der Waals surface area contributed by atoms with Crippen molar-refractivity contribution in [3.63, 3.8) is 0 Å². The number of ketones is 1. The predicted octanol–water partition coefficient (Wildman–Crippen LogP) is 3.30. The van der Waals surface area contributed by atoms with E-state index in [2.05, 4.69) is 17.1 Å². The van der Waals surface area contributed by atoms with Crippen molar-refractivity contribution in [1.82, 2.24) is 4.98 Å². The van der Waals surface area contributed by atoms with Crippen LogP contribution in [0.5, 0.6) is 0 Å². The third kappa shape index (κ3) is 2.43. The number of hydrogen-bond donors (Lipinski definition) is 0. The van der Waals surface area contributed by atoms with Gasteiger partial charge in [-0.2, -0.15) is 0 Å². The van der Waals surface area contributed by atoms with Crippen molar-refractivity contribution in [2.45, 2.75) is 32.6 Å². The zero-order chi connectivity index (χ0) is 13.2. The Hall–Kier alpha value is -1.96. The number of nitrogens with zero attached hydrogens (tertiary/aromatic N) is 1. The first-order valence-electron chi connectivity index (χ1n) is 6.79. The molecule has 1 aromatic carbocycles. The molecule has 1 aromatic heterocycles. The number of pyridine rings is 1. The molecule has 0 radical (unpaired) electrons. The molecule has 0 saturated heterocycles. The van der Waals surface area contributed by atoms with Crippen LogP contribution < -0.4 is 0 Å². The van der Waals surface area contributed by atoms with E-state index in [9.17, 15) is 4.79 Å². The highest BCUT2D eigenvalue weighted by atomic mass is 16.1. The Kier molecular flexibility index (Phi) is 3.16. The summed E-state index contributed by atoms with van der Waals surface area (Å²) >= 11 is 0. The largest absolute Gasteiger partial charge is 0.294 e. The molecule has 0 aliphatic heterocycles. The molecule has 0 N–H and O–H groups in total. The van der Waals surface area contributed by atoms with Gasteiger partial charge in [-0.25, -0.2) is 0 Å². The van der Waals surface area contributed by atoms with Gasteiger partial charge in [-0.15, -0.1) is 0 Å². The minimum absolute atomic E-state index is 0.163. The zero-order valence-corrected chi connectivity index (χ0v) is 11.1. The summed E-state index contributed by atoms with van der Waals surface area (Å²) in [6.45, 7) is 2.00. The average Bonchev–Trinajstić information content (AvgIpc) is 2.88. The predicted molar refractivity (Wildman–Crippen MR) is 75.5 cm³/mol. The van der Waals surface area contributed by atoms with Crippen molar-refractivity contribution < 1.29 is 4.79 Å². The molecule has 0 spiro atoms. The van der Waals surface area contributed by atoms with E-state index in [0.717, 1.165) is 29.7 Å². The van der Waals surface area contributed by atoms with Crippen LogP contribution in [0.2, 0.25) is 0 Å². The molecule has 1 heterocycles. The highest BCUT2D eigenvalue weighted by Crippen LogP contribution is 2.23. The van der Waals surface area contributed by atoms with E-state index in [0.29, 0.717) is 6.42 Å². The summed E-state index contributed by atoms with van der Waals surface area (Å²) in [6, 6.07) is 10.0. The summed E-state index contributed by atoms with van der Waals surface area (Å²) in [7, 11) is 0. The van der Waals surface area contributed by atoms with Crippen LogP contribution in [0.1, 0.15) is 39.2 Å². The fourth-order valence-electron chi connectivity index (χ4n) is 2.70. The van der Waals surface area contributed by atoms with Gasteiger partial charge in [0.05, 0.1) is 12.1 Å². The molecular weight excluding hydrogens is 234 g/mol. The van der Waals surface area contributed by atoms with Gasteiger partial charge >= 0.3 is 0 Å². The molecule has 0 amide bonds. The molecule has 0 unspecified atom stereocenters. The summed E-state index contributed by atoms with van der Waals surface area (Å²) in [5.41, 5.74) is 5.55.